The topological polar surface area (TPSA) is 36.1 Å². The third-order valence-corrected chi connectivity index (χ3v) is 4.08. The van der Waals surface area contributed by atoms with Crippen molar-refractivity contribution in [2.45, 2.75) is 40.7 Å². The number of nitrogens with one attached hydrogen (secondary N) is 1. The van der Waals surface area contributed by atoms with Gasteiger partial charge >= 0.3 is 0 Å². The minimum Gasteiger partial charge on any atom is -0.357 e. The molecule has 0 aliphatic carbocycles. The zero-order valence-electron chi connectivity index (χ0n) is 13.2. The summed E-state index contributed by atoms with van der Waals surface area (Å²) in [5.74, 6) is 0.275. The second-order valence-corrected chi connectivity index (χ2v) is 5.82. The summed E-state index contributed by atoms with van der Waals surface area (Å²) in [6, 6.07) is 5.92. The Kier molecular flexibility index (Phi) is 4.94. The number of nitrogens with zero attached hydrogens (tertiary/aromatic N) is 1. The van der Waals surface area contributed by atoms with Crippen LogP contribution in [0.3, 0.4) is 0 Å². The first kappa shape index (κ1) is 15.9. The van der Waals surface area contributed by atoms with Crippen LogP contribution in [0.4, 0.5) is 0 Å². The molecule has 1 amide bonds. The summed E-state index contributed by atoms with van der Waals surface area (Å²) in [5.41, 5.74) is 3.43. The van der Waals surface area contributed by atoms with Gasteiger partial charge < -0.3 is 9.88 Å². The number of amides is 1. The van der Waals surface area contributed by atoms with Gasteiger partial charge in [0.05, 0.1) is 10.5 Å². The van der Waals surface area contributed by atoms with Crippen LogP contribution in [0.2, 0.25) is 5.02 Å². The molecule has 0 saturated carbocycles. The van der Waals surface area contributed by atoms with Crippen molar-refractivity contribution >= 4 is 28.4 Å². The summed E-state index contributed by atoms with van der Waals surface area (Å²) < 4.78 is 0. The van der Waals surface area contributed by atoms with Crippen molar-refractivity contribution in [1.29, 1.82) is 0 Å². The largest absolute Gasteiger partial charge is 0.357 e. The van der Waals surface area contributed by atoms with Crippen LogP contribution in [0.1, 0.15) is 39.0 Å². The van der Waals surface area contributed by atoms with E-state index in [0.717, 1.165) is 28.9 Å². The van der Waals surface area contributed by atoms with Crippen LogP contribution in [0, 0.1) is 5.92 Å². The molecule has 1 N–H and O–H groups in total. The molecule has 1 aliphatic heterocycles. The monoisotopic (exact) mass is 306 g/mol. The van der Waals surface area contributed by atoms with Gasteiger partial charge in [0.15, 0.2) is 0 Å². The van der Waals surface area contributed by atoms with E-state index in [0.29, 0.717) is 6.54 Å². The molecule has 0 atom stereocenters. The van der Waals surface area contributed by atoms with Gasteiger partial charge in [-0.25, -0.2) is 0 Å². The lowest BCUT2D eigenvalue weighted by molar-refractivity contribution is -0.135. The number of aromatic nitrogens is 1. The zero-order valence-corrected chi connectivity index (χ0v) is 13.9. The van der Waals surface area contributed by atoms with Crippen LogP contribution in [0.15, 0.2) is 18.2 Å². The number of aromatic amines is 1. The summed E-state index contributed by atoms with van der Waals surface area (Å²) in [5, 5.41) is 1.89. The molecule has 0 bridgehead atoms. The van der Waals surface area contributed by atoms with E-state index < -0.39 is 0 Å². The lowest BCUT2D eigenvalue weighted by Gasteiger charge is -2.28. The van der Waals surface area contributed by atoms with Crippen molar-refractivity contribution in [3.63, 3.8) is 0 Å². The molecule has 0 unspecified atom stereocenters. The predicted molar refractivity (Wildman–Crippen MR) is 88.6 cm³/mol. The molecule has 2 heterocycles. The van der Waals surface area contributed by atoms with Crippen LogP contribution in [-0.2, 0) is 17.8 Å². The Hall–Kier alpha value is -1.48. The number of carbonyl (C=O) groups is 1. The highest BCUT2D eigenvalue weighted by Gasteiger charge is 2.25. The van der Waals surface area contributed by atoms with Crippen molar-refractivity contribution < 1.29 is 4.79 Å². The summed E-state index contributed by atoms with van der Waals surface area (Å²) in [6.45, 7) is 9.37. The summed E-state index contributed by atoms with van der Waals surface area (Å²) >= 11 is 6.21. The Morgan fingerprint density at radius 1 is 1.33 bits per heavy atom. The van der Waals surface area contributed by atoms with Gasteiger partial charge in [-0.15, -0.1) is 0 Å². The normalized spacial score (nSPS) is 13.9. The first-order chi connectivity index (χ1) is 10.1. The summed E-state index contributed by atoms with van der Waals surface area (Å²) in [4.78, 5) is 17.5. The van der Waals surface area contributed by atoms with Crippen molar-refractivity contribution in [3.8, 4) is 0 Å². The number of benzene rings is 1. The SMILES string of the molecule is CC.CC(C)C(=O)N1CCc2[nH]c3c(Cl)cccc3c2C1. The van der Waals surface area contributed by atoms with E-state index in [1.54, 1.807) is 0 Å². The maximum absolute atomic E-state index is 12.1. The number of H-pyrrole nitrogens is 1. The van der Waals surface area contributed by atoms with Crippen LogP contribution in [0.5, 0.6) is 0 Å². The fraction of sp³-hybridized carbons (Fsp3) is 0.471. The third kappa shape index (κ3) is 2.93. The minimum atomic E-state index is 0.0512. The molecule has 114 valence electrons. The van der Waals surface area contributed by atoms with Crippen LogP contribution in [0.25, 0.3) is 10.9 Å². The van der Waals surface area contributed by atoms with Gasteiger partial charge in [0.25, 0.3) is 0 Å². The molecule has 0 radical (unpaired) electrons. The highest BCUT2D eigenvalue weighted by Crippen LogP contribution is 2.31. The molecule has 2 aromatic rings. The third-order valence-electron chi connectivity index (χ3n) is 3.77. The van der Waals surface area contributed by atoms with Crippen molar-refractivity contribution in [1.82, 2.24) is 9.88 Å². The molecule has 1 aromatic heterocycles. The zero-order chi connectivity index (χ0) is 15.6. The fourth-order valence-electron chi connectivity index (χ4n) is 2.76. The molecule has 3 nitrogen and oxygen atoms in total. The van der Waals surface area contributed by atoms with Crippen molar-refractivity contribution in [2.75, 3.05) is 6.54 Å². The second-order valence-electron chi connectivity index (χ2n) is 5.41. The lowest BCUT2D eigenvalue weighted by atomic mass is 10.0. The molecule has 4 heteroatoms. The number of carbonyl (C=O) groups excluding carboxylic acids is 1. The van der Waals surface area contributed by atoms with Crippen LogP contribution < -0.4 is 0 Å². The lowest BCUT2D eigenvalue weighted by Crippen LogP contribution is -2.38. The number of hydrogen-bond donors (Lipinski definition) is 1. The summed E-state index contributed by atoms with van der Waals surface area (Å²) in [7, 11) is 0. The molecule has 0 saturated heterocycles. The Balaban J connectivity index is 0.000000774. The quantitative estimate of drug-likeness (QED) is 0.833. The maximum Gasteiger partial charge on any atom is 0.225 e. The van der Waals surface area contributed by atoms with Gasteiger partial charge in [-0.05, 0) is 6.07 Å². The van der Waals surface area contributed by atoms with Crippen molar-refractivity contribution in [2.24, 2.45) is 5.92 Å². The van der Waals surface area contributed by atoms with Gasteiger partial charge in [0, 0.05) is 42.1 Å². The molecule has 21 heavy (non-hydrogen) atoms. The molecular formula is C17H23ClN2O. The molecule has 0 spiro atoms. The molecule has 1 aliphatic rings. The fourth-order valence-corrected chi connectivity index (χ4v) is 2.98. The Bertz CT molecular complexity index is 646. The van der Waals surface area contributed by atoms with E-state index in [1.165, 1.54) is 11.3 Å². The summed E-state index contributed by atoms with van der Waals surface area (Å²) in [6.07, 6.45) is 0.874. The van der Waals surface area contributed by atoms with Crippen molar-refractivity contribution in [3.05, 3.63) is 34.5 Å². The average molecular weight is 307 g/mol. The molecule has 3 rings (SSSR count). The maximum atomic E-state index is 12.1. The predicted octanol–water partition coefficient (Wildman–Crippen LogP) is 4.39. The van der Waals surface area contributed by atoms with Crippen LogP contribution >= 0.6 is 11.6 Å². The molecular weight excluding hydrogens is 284 g/mol. The van der Waals surface area contributed by atoms with Gasteiger partial charge in [-0.1, -0.05) is 51.4 Å². The number of hydrogen-bond acceptors (Lipinski definition) is 1. The van der Waals surface area contributed by atoms with Crippen LogP contribution in [-0.4, -0.2) is 22.3 Å². The molecule has 0 fully saturated rings. The van der Waals surface area contributed by atoms with Gasteiger partial charge in [-0.3, -0.25) is 4.79 Å². The average Bonchev–Trinajstić information content (AvgIpc) is 2.88. The number of halogens is 1. The first-order valence-corrected chi connectivity index (χ1v) is 8.02. The van der Waals surface area contributed by atoms with E-state index in [1.807, 2.05) is 44.7 Å². The van der Waals surface area contributed by atoms with E-state index in [9.17, 15) is 4.79 Å². The smallest absolute Gasteiger partial charge is 0.225 e. The molecule has 1 aromatic carbocycles. The Labute approximate surface area is 131 Å². The number of para-hydroxylation sites is 1. The van der Waals surface area contributed by atoms with E-state index in [4.69, 9.17) is 11.6 Å². The minimum absolute atomic E-state index is 0.0512. The highest BCUT2D eigenvalue weighted by atomic mass is 35.5. The van der Waals surface area contributed by atoms with Gasteiger partial charge in [0.1, 0.15) is 0 Å². The van der Waals surface area contributed by atoms with E-state index in [-0.39, 0.29) is 11.8 Å². The van der Waals surface area contributed by atoms with Gasteiger partial charge in [-0.2, -0.15) is 0 Å². The standard InChI is InChI=1S/C15H17ClN2O.C2H6/c1-9(2)15(19)18-7-6-13-11(8-18)10-4-3-5-12(16)14(10)17-13;1-2/h3-5,9,17H,6-8H2,1-2H3;1-2H3. The first-order valence-electron chi connectivity index (χ1n) is 7.64. The Morgan fingerprint density at radius 2 is 2.05 bits per heavy atom. The number of rotatable bonds is 1. The highest BCUT2D eigenvalue weighted by molar-refractivity contribution is 6.35. The van der Waals surface area contributed by atoms with E-state index >= 15 is 0 Å². The van der Waals surface area contributed by atoms with E-state index in [2.05, 4.69) is 11.1 Å². The Morgan fingerprint density at radius 3 is 2.71 bits per heavy atom. The number of fused-ring (bicyclic) bond motifs is 3. The van der Waals surface area contributed by atoms with Gasteiger partial charge in [0.2, 0.25) is 5.91 Å². The second kappa shape index (κ2) is 6.52.